The number of hydrogen-bond acceptors (Lipinski definition) is 2. The molecule has 178 valence electrons. The summed E-state index contributed by atoms with van der Waals surface area (Å²) in [6.45, 7) is 3.72. The molecule has 3 aromatic carbocycles. The number of carbonyl (C=O) groups is 2. The van der Waals surface area contributed by atoms with Crippen molar-refractivity contribution in [2.75, 3.05) is 0 Å². The van der Waals surface area contributed by atoms with Gasteiger partial charge in [-0.3, -0.25) is 4.79 Å². The van der Waals surface area contributed by atoms with Gasteiger partial charge in [0, 0.05) is 22.0 Å². The Balaban J connectivity index is 2.17. The number of rotatable bonds is 7. The largest absolute Gasteiger partial charge is 0.564 e. The second-order valence-corrected chi connectivity index (χ2v) is 8.45. The van der Waals surface area contributed by atoms with Gasteiger partial charge in [-0.05, 0) is 65.4 Å². The van der Waals surface area contributed by atoms with E-state index in [1.807, 2.05) is 13.8 Å². The molecule has 8 heteroatoms. The fraction of sp³-hybridized carbons (Fsp3) is 0.231. The van der Waals surface area contributed by atoms with Gasteiger partial charge in [-0.1, -0.05) is 32.0 Å². The van der Waals surface area contributed by atoms with Crippen molar-refractivity contribution in [1.82, 2.24) is 0 Å². The summed E-state index contributed by atoms with van der Waals surface area (Å²) in [7, 11) is 0. The molecular formula is C26H22F5O3+. The number of halogens is 5. The van der Waals surface area contributed by atoms with Crippen LogP contribution in [0.15, 0.2) is 60.7 Å². The molecule has 0 aliphatic carbocycles. The van der Waals surface area contributed by atoms with E-state index in [0.717, 1.165) is 24.3 Å². The summed E-state index contributed by atoms with van der Waals surface area (Å²) in [5, 5.41) is 7.69. The van der Waals surface area contributed by atoms with Crippen molar-refractivity contribution >= 4 is 11.8 Å². The highest BCUT2D eigenvalue weighted by atomic mass is 19.4. The highest BCUT2D eigenvalue weighted by Gasteiger charge is 2.31. The van der Waals surface area contributed by atoms with E-state index in [0.29, 0.717) is 29.2 Å². The fourth-order valence-corrected chi connectivity index (χ4v) is 3.72. The average molecular weight is 477 g/mol. The van der Waals surface area contributed by atoms with Gasteiger partial charge in [0.05, 0.1) is 5.56 Å². The summed E-state index contributed by atoms with van der Waals surface area (Å²) < 4.78 is 66.3. The van der Waals surface area contributed by atoms with Gasteiger partial charge in [-0.15, -0.1) is 0 Å². The van der Waals surface area contributed by atoms with Crippen molar-refractivity contribution in [3.8, 4) is 11.1 Å². The van der Waals surface area contributed by atoms with Crippen molar-refractivity contribution in [1.29, 1.82) is 0 Å². The molecule has 3 nitrogen and oxygen atoms in total. The average Bonchev–Trinajstić information content (AvgIpc) is 2.75. The summed E-state index contributed by atoms with van der Waals surface area (Å²) in [6, 6.07) is 10.9. The summed E-state index contributed by atoms with van der Waals surface area (Å²) in [5.74, 6) is -4.35. The highest BCUT2D eigenvalue weighted by molar-refractivity contribution is 6.09. The second-order valence-electron chi connectivity index (χ2n) is 8.45. The molecule has 0 amide bonds. The molecule has 0 saturated carbocycles. The Bertz CT molecular complexity index is 1190. The summed E-state index contributed by atoms with van der Waals surface area (Å²) >= 11 is 0. The van der Waals surface area contributed by atoms with Crippen LogP contribution in [0, 0.1) is 17.6 Å². The van der Waals surface area contributed by atoms with Crippen molar-refractivity contribution in [3.05, 3.63) is 94.6 Å². The predicted octanol–water partition coefficient (Wildman–Crippen LogP) is 6.26. The van der Waals surface area contributed by atoms with E-state index in [9.17, 15) is 31.5 Å². The van der Waals surface area contributed by atoms with E-state index >= 15 is 0 Å². The molecule has 0 heterocycles. The van der Waals surface area contributed by atoms with Gasteiger partial charge in [0.25, 0.3) is 0 Å². The van der Waals surface area contributed by atoms with Crippen LogP contribution in [-0.2, 0) is 11.0 Å². The number of alkyl halides is 3. The number of ketones is 1. The Morgan fingerprint density at radius 2 is 1.38 bits per heavy atom. The minimum Gasteiger partial charge on any atom is -0.564 e. The van der Waals surface area contributed by atoms with Crippen LogP contribution in [-0.4, -0.2) is 16.9 Å². The molecule has 1 unspecified atom stereocenters. The Labute approximate surface area is 192 Å². The normalized spacial score (nSPS) is 12.6. The second kappa shape index (κ2) is 9.75. The van der Waals surface area contributed by atoms with Crippen LogP contribution in [0.3, 0.4) is 0 Å². The smallest absolute Gasteiger partial charge is 0.523 e. The van der Waals surface area contributed by atoms with Crippen molar-refractivity contribution in [2.24, 2.45) is 5.92 Å². The van der Waals surface area contributed by atoms with Crippen LogP contribution >= 0.6 is 0 Å². The lowest BCUT2D eigenvalue weighted by Crippen LogP contribution is -2.15. The maximum Gasteiger partial charge on any atom is 0.523 e. The zero-order valence-corrected chi connectivity index (χ0v) is 18.3. The van der Waals surface area contributed by atoms with Crippen molar-refractivity contribution < 1.29 is 36.6 Å². The SMILES string of the molecule is CC(C)CC(C(=O)[OH2+])c1cc(C(=O)c2cc(F)cc(F)c2)cc(-c2ccc(C(F)(F)F)cc2)c1. The van der Waals surface area contributed by atoms with E-state index < -0.39 is 41.0 Å². The van der Waals surface area contributed by atoms with Gasteiger partial charge >= 0.3 is 12.1 Å². The van der Waals surface area contributed by atoms with Gasteiger partial charge in [0.15, 0.2) is 5.78 Å². The molecule has 0 aliphatic rings. The number of carbonyl (C=O) groups excluding carboxylic acids is 2. The Morgan fingerprint density at radius 3 is 1.88 bits per heavy atom. The van der Waals surface area contributed by atoms with Gasteiger partial charge in [0.1, 0.15) is 17.6 Å². The molecule has 0 bridgehead atoms. The molecule has 3 rings (SSSR count). The monoisotopic (exact) mass is 477 g/mol. The quantitative estimate of drug-likeness (QED) is 0.229. The van der Waals surface area contributed by atoms with Crippen LogP contribution < -0.4 is 0 Å². The first-order valence-electron chi connectivity index (χ1n) is 10.4. The maximum atomic E-state index is 13.7. The first-order valence-corrected chi connectivity index (χ1v) is 10.4. The van der Waals surface area contributed by atoms with E-state index in [4.69, 9.17) is 5.11 Å². The van der Waals surface area contributed by atoms with E-state index in [1.54, 1.807) is 6.07 Å². The standard InChI is InChI=1S/C26H21F5O3/c1-14(2)7-23(25(33)34)17-8-16(15-3-5-20(6-4-15)26(29,30)31)9-18(10-17)24(32)19-11-21(27)13-22(28)12-19/h3-6,8-14,23H,7H2,1-2H3,(H,33,34)/p+1. The maximum absolute atomic E-state index is 13.7. The van der Waals surface area contributed by atoms with Gasteiger partial charge in [-0.25, -0.2) is 8.78 Å². The van der Waals surface area contributed by atoms with Crippen LogP contribution in [0.4, 0.5) is 22.0 Å². The molecule has 0 aromatic heterocycles. The Hall–Kier alpha value is -3.55. The molecule has 0 saturated heterocycles. The first-order chi connectivity index (χ1) is 15.8. The van der Waals surface area contributed by atoms with E-state index in [-0.39, 0.29) is 17.0 Å². The molecule has 0 fully saturated rings. The van der Waals surface area contributed by atoms with E-state index in [2.05, 4.69) is 0 Å². The summed E-state index contributed by atoms with van der Waals surface area (Å²) in [4.78, 5) is 25.2. The topological polar surface area (TPSA) is 57.0 Å². The lowest BCUT2D eigenvalue weighted by molar-refractivity contribution is -0.139. The third-order valence-electron chi connectivity index (χ3n) is 5.31. The van der Waals surface area contributed by atoms with Crippen LogP contribution in [0.1, 0.15) is 53.2 Å². The molecular weight excluding hydrogens is 455 g/mol. The van der Waals surface area contributed by atoms with Crippen LogP contribution in [0.2, 0.25) is 0 Å². The lowest BCUT2D eigenvalue weighted by Gasteiger charge is -2.16. The molecule has 2 N–H and O–H groups in total. The van der Waals surface area contributed by atoms with Crippen LogP contribution in [0.5, 0.6) is 0 Å². The van der Waals surface area contributed by atoms with Crippen molar-refractivity contribution in [2.45, 2.75) is 32.4 Å². The Kier molecular flexibility index (Phi) is 7.19. The van der Waals surface area contributed by atoms with Gasteiger partial charge in [0.2, 0.25) is 0 Å². The van der Waals surface area contributed by atoms with Gasteiger partial charge < -0.3 is 5.11 Å². The van der Waals surface area contributed by atoms with E-state index in [1.165, 1.54) is 24.3 Å². The summed E-state index contributed by atoms with van der Waals surface area (Å²) in [5.41, 5.74) is -0.112. The molecule has 34 heavy (non-hydrogen) atoms. The van der Waals surface area contributed by atoms with Crippen molar-refractivity contribution in [3.63, 3.8) is 0 Å². The number of benzene rings is 3. The number of hydrogen-bond donors (Lipinski definition) is 0. The Morgan fingerprint density at radius 1 is 0.824 bits per heavy atom. The third kappa shape index (κ3) is 5.87. The third-order valence-corrected chi connectivity index (χ3v) is 5.31. The minimum absolute atomic E-state index is 0.00703. The molecule has 3 aromatic rings. The predicted molar refractivity (Wildman–Crippen MR) is 117 cm³/mol. The molecule has 0 aliphatic heterocycles. The minimum atomic E-state index is -4.52. The zero-order chi connectivity index (χ0) is 25.2. The van der Waals surface area contributed by atoms with Gasteiger partial charge in [-0.2, -0.15) is 13.2 Å². The molecule has 0 spiro atoms. The molecule has 1 atom stereocenters. The first kappa shape index (κ1) is 25.1. The highest BCUT2D eigenvalue weighted by Crippen LogP contribution is 2.34. The molecule has 0 radical (unpaired) electrons. The summed E-state index contributed by atoms with van der Waals surface area (Å²) in [6.07, 6.45) is -4.22. The fourth-order valence-electron chi connectivity index (χ4n) is 3.72. The van der Waals surface area contributed by atoms with Crippen LogP contribution in [0.25, 0.3) is 11.1 Å². The lowest BCUT2D eigenvalue weighted by atomic mass is 9.86. The zero-order valence-electron chi connectivity index (χ0n) is 18.3.